The minimum atomic E-state index is -3.86. The van der Waals surface area contributed by atoms with Gasteiger partial charge in [-0.1, -0.05) is 0 Å². The van der Waals surface area contributed by atoms with Gasteiger partial charge in [-0.25, -0.2) is 18.4 Å². The van der Waals surface area contributed by atoms with Crippen LogP contribution in [-0.2, 0) is 14.8 Å². The van der Waals surface area contributed by atoms with E-state index in [9.17, 15) is 13.2 Å². The molecule has 1 aliphatic carbocycles. The van der Waals surface area contributed by atoms with Crippen molar-refractivity contribution in [3.8, 4) is 0 Å². The van der Waals surface area contributed by atoms with Gasteiger partial charge in [0.05, 0.1) is 17.1 Å². The van der Waals surface area contributed by atoms with E-state index in [4.69, 9.17) is 9.88 Å². The number of ether oxygens (including phenoxy) is 1. The molecule has 1 aromatic carbocycles. The molecule has 98 valence electrons. The quantitative estimate of drug-likeness (QED) is 0.849. The van der Waals surface area contributed by atoms with Gasteiger partial charge in [-0.05, 0) is 52.9 Å². The van der Waals surface area contributed by atoms with Crippen molar-refractivity contribution in [1.82, 2.24) is 0 Å². The Balaban J connectivity index is 2.20. The summed E-state index contributed by atoms with van der Waals surface area (Å²) in [6.45, 7) is 0.388. The molecule has 2 N–H and O–H groups in total. The van der Waals surface area contributed by atoms with Gasteiger partial charge in [0.1, 0.15) is 0 Å². The Hall–Kier alpha value is -0.920. The van der Waals surface area contributed by atoms with Crippen molar-refractivity contribution in [3.05, 3.63) is 28.2 Å². The van der Waals surface area contributed by atoms with Crippen LogP contribution in [0.2, 0.25) is 0 Å². The third kappa shape index (κ3) is 3.30. The molecule has 0 aliphatic heterocycles. The largest absolute Gasteiger partial charge is 0.462 e. The van der Waals surface area contributed by atoms with Crippen LogP contribution in [0.1, 0.15) is 23.2 Å². The molecule has 0 radical (unpaired) electrons. The maximum Gasteiger partial charge on any atom is 0.338 e. The summed E-state index contributed by atoms with van der Waals surface area (Å²) in [7, 11) is -3.86. The molecule has 1 fully saturated rings. The molecule has 0 saturated heterocycles. The average molecular weight is 334 g/mol. The van der Waals surface area contributed by atoms with Gasteiger partial charge in [-0.15, -0.1) is 0 Å². The van der Waals surface area contributed by atoms with Crippen molar-refractivity contribution in [1.29, 1.82) is 0 Å². The molecule has 0 aromatic heterocycles. The van der Waals surface area contributed by atoms with E-state index in [0.29, 0.717) is 17.0 Å². The first-order chi connectivity index (χ1) is 8.38. The predicted octanol–water partition coefficient (Wildman–Crippen LogP) is 1.66. The van der Waals surface area contributed by atoms with E-state index in [0.717, 1.165) is 12.8 Å². The van der Waals surface area contributed by atoms with Gasteiger partial charge in [0.15, 0.2) is 0 Å². The Labute approximate surface area is 113 Å². The van der Waals surface area contributed by atoms with Crippen molar-refractivity contribution in [2.45, 2.75) is 17.7 Å². The second-order valence-corrected chi connectivity index (χ2v) is 6.62. The maximum atomic E-state index is 11.7. The number of hydrogen-bond acceptors (Lipinski definition) is 4. The number of halogens is 1. The van der Waals surface area contributed by atoms with Crippen LogP contribution >= 0.6 is 15.9 Å². The molecule has 0 atom stereocenters. The molecule has 0 amide bonds. The number of esters is 1. The molecule has 2 rings (SSSR count). The zero-order valence-corrected chi connectivity index (χ0v) is 11.8. The second kappa shape index (κ2) is 4.99. The lowest BCUT2D eigenvalue weighted by Crippen LogP contribution is -2.14. The second-order valence-electron chi connectivity index (χ2n) is 4.23. The van der Waals surface area contributed by atoms with Crippen molar-refractivity contribution < 1.29 is 17.9 Å². The molecule has 7 heteroatoms. The van der Waals surface area contributed by atoms with Gasteiger partial charge in [0.2, 0.25) is 10.0 Å². The standard InChI is InChI=1S/C11H12BrNO4S/c12-9-4-3-8(5-10(9)18(13,15)16)11(14)17-6-7-1-2-7/h3-5,7H,1-2,6H2,(H2,13,15,16). The number of carbonyl (C=O) groups excluding carboxylic acids is 1. The van der Waals surface area contributed by atoms with E-state index < -0.39 is 16.0 Å². The highest BCUT2D eigenvalue weighted by atomic mass is 79.9. The van der Waals surface area contributed by atoms with Crippen LogP contribution in [0.5, 0.6) is 0 Å². The minimum Gasteiger partial charge on any atom is -0.462 e. The molecule has 1 saturated carbocycles. The summed E-state index contributed by atoms with van der Waals surface area (Å²) in [5, 5.41) is 5.05. The van der Waals surface area contributed by atoms with Crippen LogP contribution in [0.4, 0.5) is 0 Å². The molecule has 5 nitrogen and oxygen atoms in total. The smallest absolute Gasteiger partial charge is 0.338 e. The van der Waals surface area contributed by atoms with Crippen molar-refractivity contribution >= 4 is 31.9 Å². The van der Waals surface area contributed by atoms with Crippen molar-refractivity contribution in [2.24, 2.45) is 11.1 Å². The van der Waals surface area contributed by atoms with Crippen LogP contribution < -0.4 is 5.14 Å². The van der Waals surface area contributed by atoms with Gasteiger partial charge in [-0.2, -0.15) is 0 Å². The lowest BCUT2D eigenvalue weighted by atomic mass is 10.2. The van der Waals surface area contributed by atoms with Gasteiger partial charge in [0, 0.05) is 4.47 Å². The minimum absolute atomic E-state index is 0.122. The van der Waals surface area contributed by atoms with E-state index in [2.05, 4.69) is 15.9 Å². The third-order valence-corrected chi connectivity index (χ3v) is 4.53. The molecule has 1 aromatic rings. The van der Waals surface area contributed by atoms with Gasteiger partial charge in [0.25, 0.3) is 0 Å². The number of benzene rings is 1. The SMILES string of the molecule is NS(=O)(=O)c1cc(C(=O)OCC2CC2)ccc1Br. The molecular weight excluding hydrogens is 322 g/mol. The molecule has 18 heavy (non-hydrogen) atoms. The topological polar surface area (TPSA) is 86.5 Å². The van der Waals surface area contributed by atoms with Crippen LogP contribution in [0, 0.1) is 5.92 Å². The lowest BCUT2D eigenvalue weighted by molar-refractivity contribution is 0.0486. The number of carbonyl (C=O) groups is 1. The van der Waals surface area contributed by atoms with E-state index in [1.807, 2.05) is 0 Å². The first-order valence-electron chi connectivity index (χ1n) is 5.37. The highest BCUT2D eigenvalue weighted by Gasteiger charge is 2.24. The highest BCUT2D eigenvalue weighted by Crippen LogP contribution is 2.29. The summed E-state index contributed by atoms with van der Waals surface area (Å²) < 4.78 is 28.0. The summed E-state index contributed by atoms with van der Waals surface area (Å²) in [4.78, 5) is 11.6. The van der Waals surface area contributed by atoms with Crippen LogP contribution in [0.3, 0.4) is 0 Å². The van der Waals surface area contributed by atoms with E-state index in [1.54, 1.807) is 0 Å². The zero-order chi connectivity index (χ0) is 13.3. The molecular formula is C11H12BrNO4S. The molecule has 0 bridgehead atoms. The van der Waals surface area contributed by atoms with E-state index in [-0.39, 0.29) is 10.5 Å². The molecule has 0 heterocycles. The Kier molecular flexibility index (Phi) is 3.74. The fourth-order valence-electron chi connectivity index (χ4n) is 1.41. The Morgan fingerprint density at radius 2 is 2.11 bits per heavy atom. The Morgan fingerprint density at radius 1 is 1.44 bits per heavy atom. The number of hydrogen-bond donors (Lipinski definition) is 1. The third-order valence-electron chi connectivity index (χ3n) is 2.62. The van der Waals surface area contributed by atoms with Crippen molar-refractivity contribution in [3.63, 3.8) is 0 Å². The van der Waals surface area contributed by atoms with Crippen LogP contribution in [-0.4, -0.2) is 21.0 Å². The normalized spacial score (nSPS) is 15.4. The van der Waals surface area contributed by atoms with Crippen LogP contribution in [0.25, 0.3) is 0 Å². The predicted molar refractivity (Wildman–Crippen MR) is 68.5 cm³/mol. The molecule has 0 unspecified atom stereocenters. The number of nitrogens with two attached hydrogens (primary N) is 1. The fraction of sp³-hybridized carbons (Fsp3) is 0.364. The number of rotatable bonds is 4. The summed E-state index contributed by atoms with van der Waals surface area (Å²) in [6, 6.07) is 4.18. The van der Waals surface area contributed by atoms with Crippen molar-refractivity contribution in [2.75, 3.05) is 6.61 Å². The molecule has 0 spiro atoms. The van der Waals surface area contributed by atoms with E-state index >= 15 is 0 Å². The lowest BCUT2D eigenvalue weighted by Gasteiger charge is -2.06. The fourth-order valence-corrected chi connectivity index (χ4v) is 2.96. The summed E-state index contributed by atoms with van der Waals surface area (Å²) in [5.41, 5.74) is 0.183. The van der Waals surface area contributed by atoms with Crippen LogP contribution in [0.15, 0.2) is 27.6 Å². The average Bonchev–Trinajstić information content (AvgIpc) is 3.08. The summed E-state index contributed by atoms with van der Waals surface area (Å²) in [5.74, 6) is -0.0681. The monoisotopic (exact) mass is 333 g/mol. The highest BCUT2D eigenvalue weighted by molar-refractivity contribution is 9.10. The number of primary sulfonamides is 1. The zero-order valence-electron chi connectivity index (χ0n) is 9.43. The summed E-state index contributed by atoms with van der Waals surface area (Å²) in [6.07, 6.45) is 2.16. The Bertz CT molecular complexity index is 581. The maximum absolute atomic E-state index is 11.7. The molecule has 1 aliphatic rings. The first kappa shape index (κ1) is 13.5. The number of sulfonamides is 1. The van der Waals surface area contributed by atoms with Gasteiger partial charge >= 0.3 is 5.97 Å². The Morgan fingerprint density at radius 3 is 2.67 bits per heavy atom. The van der Waals surface area contributed by atoms with Gasteiger partial charge in [-0.3, -0.25) is 0 Å². The summed E-state index contributed by atoms with van der Waals surface area (Å²) >= 11 is 3.08. The van der Waals surface area contributed by atoms with Gasteiger partial charge < -0.3 is 4.74 Å². The first-order valence-corrected chi connectivity index (χ1v) is 7.71. The van der Waals surface area contributed by atoms with E-state index in [1.165, 1.54) is 18.2 Å².